The number of benzene rings is 1. The van der Waals surface area contributed by atoms with Crippen LogP contribution in [0.15, 0.2) is 24.3 Å². The maximum atomic E-state index is 13.0. The molecular weight excluding hydrogens is 312 g/mol. The van der Waals surface area contributed by atoms with Crippen molar-refractivity contribution in [3.05, 3.63) is 35.4 Å². The zero-order valence-corrected chi connectivity index (χ0v) is 15.4. The summed E-state index contributed by atoms with van der Waals surface area (Å²) < 4.78 is 5.89. The van der Waals surface area contributed by atoms with Crippen molar-refractivity contribution in [2.24, 2.45) is 0 Å². The van der Waals surface area contributed by atoms with Crippen molar-refractivity contribution in [3.8, 4) is 0 Å². The minimum Gasteiger partial charge on any atom is -0.365 e. The van der Waals surface area contributed by atoms with Crippen molar-refractivity contribution < 1.29 is 9.53 Å². The molecule has 1 aromatic carbocycles. The molecule has 1 aromatic rings. The fraction of sp³-hybridized carbons (Fsp3) is 0.667. The van der Waals surface area contributed by atoms with E-state index in [1.165, 1.54) is 11.1 Å². The molecule has 1 aliphatic carbocycles. The Hall–Kier alpha value is -1.39. The molecule has 0 spiro atoms. The second kappa shape index (κ2) is 7.08. The van der Waals surface area contributed by atoms with Crippen LogP contribution in [0.4, 0.5) is 0 Å². The van der Waals surface area contributed by atoms with Crippen molar-refractivity contribution in [2.45, 2.75) is 57.1 Å². The monoisotopic (exact) mass is 342 g/mol. The second-order valence-electron chi connectivity index (χ2n) is 8.05. The Morgan fingerprint density at radius 2 is 1.80 bits per heavy atom. The first kappa shape index (κ1) is 17.0. The molecule has 0 saturated carbocycles. The fourth-order valence-electron chi connectivity index (χ4n) is 4.74. The highest BCUT2D eigenvalue weighted by atomic mass is 16.5. The van der Waals surface area contributed by atoms with Gasteiger partial charge >= 0.3 is 0 Å². The Kier molecular flexibility index (Phi) is 4.83. The highest BCUT2D eigenvalue weighted by Gasteiger charge is 2.40. The molecule has 0 radical (unpaired) electrons. The van der Waals surface area contributed by atoms with Gasteiger partial charge < -0.3 is 9.64 Å². The number of carbonyl (C=O) groups excluding carboxylic acids is 1. The van der Waals surface area contributed by atoms with Crippen LogP contribution in [0, 0.1) is 0 Å². The average Bonchev–Trinajstić information content (AvgIpc) is 2.91. The van der Waals surface area contributed by atoms with Gasteiger partial charge in [0.05, 0.1) is 0 Å². The topological polar surface area (TPSA) is 32.8 Å². The highest BCUT2D eigenvalue weighted by molar-refractivity contribution is 5.85. The first-order chi connectivity index (χ1) is 12.2. The quantitative estimate of drug-likeness (QED) is 0.828. The second-order valence-corrected chi connectivity index (χ2v) is 8.05. The van der Waals surface area contributed by atoms with E-state index in [0.717, 1.165) is 71.3 Å². The molecule has 4 rings (SSSR count). The standard InChI is InChI=1S/C21H30N2O2/c1-21(9-4-5-14-25-21)20(24)23-11-6-10-22(12-13-23)19-15-17-7-2-3-8-18(17)16-19/h2-3,7-8,19H,4-6,9-16H2,1H3/t21-/m1/s1. The summed E-state index contributed by atoms with van der Waals surface area (Å²) >= 11 is 0. The average molecular weight is 342 g/mol. The molecule has 25 heavy (non-hydrogen) atoms. The number of hydrogen-bond donors (Lipinski definition) is 0. The third-order valence-electron chi connectivity index (χ3n) is 6.28. The summed E-state index contributed by atoms with van der Waals surface area (Å²) in [5.74, 6) is 0.212. The molecule has 0 bridgehead atoms. The molecule has 0 N–H and O–H groups in total. The molecule has 0 unspecified atom stereocenters. The summed E-state index contributed by atoms with van der Waals surface area (Å²) in [6.45, 7) is 6.51. The Morgan fingerprint density at radius 3 is 2.48 bits per heavy atom. The number of nitrogens with zero attached hydrogens (tertiary/aromatic N) is 2. The molecule has 4 heteroatoms. The number of rotatable bonds is 2. The van der Waals surface area contributed by atoms with Crippen LogP contribution in [-0.2, 0) is 22.4 Å². The van der Waals surface area contributed by atoms with Gasteiger partial charge in [0.25, 0.3) is 5.91 Å². The minimum absolute atomic E-state index is 0.212. The summed E-state index contributed by atoms with van der Waals surface area (Å²) in [7, 11) is 0. The highest BCUT2D eigenvalue weighted by Crippen LogP contribution is 2.29. The Morgan fingerprint density at radius 1 is 1.04 bits per heavy atom. The van der Waals surface area contributed by atoms with Gasteiger partial charge in [-0.3, -0.25) is 9.69 Å². The summed E-state index contributed by atoms with van der Waals surface area (Å²) in [5, 5.41) is 0. The Balaban J connectivity index is 1.37. The van der Waals surface area contributed by atoms with E-state index in [9.17, 15) is 4.79 Å². The summed E-state index contributed by atoms with van der Waals surface area (Å²) in [6, 6.07) is 9.44. The van der Waals surface area contributed by atoms with Crippen molar-refractivity contribution in [2.75, 3.05) is 32.8 Å². The van der Waals surface area contributed by atoms with Gasteiger partial charge in [-0.05, 0) is 56.6 Å². The number of carbonyl (C=O) groups is 1. The largest absolute Gasteiger partial charge is 0.365 e. The smallest absolute Gasteiger partial charge is 0.254 e. The summed E-state index contributed by atoms with van der Waals surface area (Å²) in [5.41, 5.74) is 2.43. The maximum absolute atomic E-state index is 13.0. The summed E-state index contributed by atoms with van der Waals surface area (Å²) in [6.07, 6.45) is 6.43. The van der Waals surface area contributed by atoms with E-state index in [4.69, 9.17) is 4.74 Å². The van der Waals surface area contributed by atoms with E-state index in [-0.39, 0.29) is 5.91 Å². The van der Waals surface area contributed by atoms with Crippen molar-refractivity contribution in [3.63, 3.8) is 0 Å². The predicted molar refractivity (Wildman–Crippen MR) is 98.6 cm³/mol. The van der Waals surface area contributed by atoms with Gasteiger partial charge in [0, 0.05) is 38.8 Å². The van der Waals surface area contributed by atoms with E-state index in [1.807, 2.05) is 6.92 Å². The van der Waals surface area contributed by atoms with E-state index in [1.54, 1.807) is 0 Å². The molecule has 4 nitrogen and oxygen atoms in total. The van der Waals surface area contributed by atoms with Crippen LogP contribution in [0.1, 0.15) is 43.7 Å². The van der Waals surface area contributed by atoms with Crippen molar-refractivity contribution in [1.29, 1.82) is 0 Å². The Labute approximate surface area is 151 Å². The lowest BCUT2D eigenvalue weighted by Gasteiger charge is -2.36. The zero-order chi connectivity index (χ0) is 17.3. The number of hydrogen-bond acceptors (Lipinski definition) is 3. The third kappa shape index (κ3) is 3.47. The van der Waals surface area contributed by atoms with E-state index >= 15 is 0 Å². The van der Waals surface area contributed by atoms with E-state index < -0.39 is 5.60 Å². The molecule has 1 atom stereocenters. The lowest BCUT2D eigenvalue weighted by molar-refractivity contribution is -0.161. The lowest BCUT2D eigenvalue weighted by Crippen LogP contribution is -2.51. The van der Waals surface area contributed by atoms with Crippen LogP contribution in [-0.4, -0.2) is 60.1 Å². The SMILES string of the molecule is C[C@]1(C(=O)N2CCCN(C3Cc4ccccc4C3)CC2)CCCCO1. The van der Waals surface area contributed by atoms with E-state index in [2.05, 4.69) is 34.1 Å². The first-order valence-electron chi connectivity index (χ1n) is 9.90. The fourth-order valence-corrected chi connectivity index (χ4v) is 4.74. The molecule has 0 aromatic heterocycles. The van der Waals surface area contributed by atoms with Gasteiger partial charge in [0.2, 0.25) is 0 Å². The van der Waals surface area contributed by atoms with Gasteiger partial charge in [-0.1, -0.05) is 24.3 Å². The first-order valence-corrected chi connectivity index (χ1v) is 9.90. The van der Waals surface area contributed by atoms with Crippen molar-refractivity contribution in [1.82, 2.24) is 9.80 Å². The van der Waals surface area contributed by atoms with Gasteiger partial charge in [0.15, 0.2) is 0 Å². The Bertz CT molecular complexity index is 599. The number of ether oxygens (including phenoxy) is 1. The maximum Gasteiger partial charge on any atom is 0.254 e. The van der Waals surface area contributed by atoms with Crippen LogP contribution in [0.3, 0.4) is 0 Å². The molecule has 2 heterocycles. The van der Waals surface area contributed by atoms with Crippen LogP contribution in [0.2, 0.25) is 0 Å². The van der Waals surface area contributed by atoms with Gasteiger partial charge in [0.1, 0.15) is 5.60 Å². The third-order valence-corrected chi connectivity index (χ3v) is 6.28. The molecular formula is C21H30N2O2. The van der Waals surface area contributed by atoms with Gasteiger partial charge in [-0.2, -0.15) is 0 Å². The molecule has 2 saturated heterocycles. The molecule has 1 amide bonds. The van der Waals surface area contributed by atoms with Gasteiger partial charge in [-0.25, -0.2) is 0 Å². The van der Waals surface area contributed by atoms with E-state index in [0.29, 0.717) is 6.04 Å². The number of amides is 1. The van der Waals surface area contributed by atoms with Crippen LogP contribution in [0.25, 0.3) is 0 Å². The van der Waals surface area contributed by atoms with Crippen LogP contribution >= 0.6 is 0 Å². The minimum atomic E-state index is -0.586. The molecule has 3 aliphatic rings. The lowest BCUT2D eigenvalue weighted by atomic mass is 9.94. The summed E-state index contributed by atoms with van der Waals surface area (Å²) in [4.78, 5) is 17.7. The van der Waals surface area contributed by atoms with Crippen LogP contribution < -0.4 is 0 Å². The van der Waals surface area contributed by atoms with Crippen molar-refractivity contribution >= 4 is 5.91 Å². The normalized spacial score (nSPS) is 28.6. The molecule has 2 aliphatic heterocycles. The van der Waals surface area contributed by atoms with Gasteiger partial charge in [-0.15, -0.1) is 0 Å². The molecule has 136 valence electrons. The molecule has 2 fully saturated rings. The number of fused-ring (bicyclic) bond motifs is 1. The predicted octanol–water partition coefficient (Wildman–Crippen LogP) is 2.65. The zero-order valence-electron chi connectivity index (χ0n) is 15.4. The van der Waals surface area contributed by atoms with Crippen LogP contribution in [0.5, 0.6) is 0 Å².